The number of hydrogen-bond acceptors (Lipinski definition) is 2. The molecule has 0 aromatic carbocycles. The van der Waals surface area contributed by atoms with Gasteiger partial charge in [-0.2, -0.15) is 5.26 Å². The molecule has 2 N–H and O–H groups in total. The quantitative estimate of drug-likeness (QED) is 0.747. The number of hydrogen-bond donors (Lipinski definition) is 1. The molecule has 0 aliphatic carbocycles. The predicted molar refractivity (Wildman–Crippen MR) is 53.1 cm³/mol. The summed E-state index contributed by atoms with van der Waals surface area (Å²) in [5, 5.41) is 8.76. The van der Waals surface area contributed by atoms with Crippen molar-refractivity contribution in [1.29, 1.82) is 5.26 Å². The maximum absolute atomic E-state index is 8.76. The number of nitriles is 1. The van der Waals surface area contributed by atoms with Crippen LogP contribution in [-0.4, -0.2) is 4.57 Å². The third-order valence-electron chi connectivity index (χ3n) is 2.11. The highest BCUT2D eigenvalue weighted by Gasteiger charge is 2.10. The molecule has 70 valence electrons. The Hall–Kier alpha value is -1.43. The van der Waals surface area contributed by atoms with Gasteiger partial charge in [-0.15, -0.1) is 0 Å². The van der Waals surface area contributed by atoms with Crippen molar-refractivity contribution in [3.05, 3.63) is 17.5 Å². The van der Waals surface area contributed by atoms with Crippen molar-refractivity contribution in [2.24, 2.45) is 13.0 Å². The summed E-state index contributed by atoms with van der Waals surface area (Å²) < 4.78 is 1.87. The molecule has 1 heterocycles. The molecule has 0 radical (unpaired) electrons. The average molecular weight is 177 g/mol. The van der Waals surface area contributed by atoms with E-state index in [2.05, 4.69) is 19.9 Å². The first-order valence-corrected chi connectivity index (χ1v) is 4.40. The van der Waals surface area contributed by atoms with Crippen molar-refractivity contribution in [3.63, 3.8) is 0 Å². The van der Waals surface area contributed by atoms with Gasteiger partial charge in [-0.1, -0.05) is 13.8 Å². The molecule has 0 aliphatic heterocycles. The Bertz CT molecular complexity index is 342. The predicted octanol–water partition coefficient (Wildman–Crippen LogP) is 1.68. The molecular weight excluding hydrogens is 162 g/mol. The van der Waals surface area contributed by atoms with Crippen LogP contribution < -0.4 is 5.73 Å². The van der Waals surface area contributed by atoms with E-state index in [1.807, 2.05) is 11.6 Å². The number of nitrogens with two attached hydrogens (primary N) is 1. The molecule has 1 aromatic rings. The highest BCUT2D eigenvalue weighted by atomic mass is 15.0. The summed E-state index contributed by atoms with van der Waals surface area (Å²) in [4.78, 5) is 0. The Morgan fingerprint density at radius 3 is 2.62 bits per heavy atom. The second kappa shape index (κ2) is 3.53. The van der Waals surface area contributed by atoms with Crippen LogP contribution in [-0.2, 0) is 13.5 Å². The maximum atomic E-state index is 8.76. The Kier molecular flexibility index (Phi) is 2.62. The van der Waals surface area contributed by atoms with Crippen LogP contribution in [0.2, 0.25) is 0 Å². The lowest BCUT2D eigenvalue weighted by Gasteiger charge is -2.07. The van der Waals surface area contributed by atoms with Crippen molar-refractivity contribution >= 4 is 5.69 Å². The van der Waals surface area contributed by atoms with Gasteiger partial charge in [0.05, 0.1) is 5.69 Å². The molecule has 0 aliphatic rings. The second-order valence-corrected chi connectivity index (χ2v) is 3.70. The van der Waals surface area contributed by atoms with Crippen molar-refractivity contribution in [2.45, 2.75) is 20.3 Å². The van der Waals surface area contributed by atoms with E-state index in [1.165, 1.54) is 0 Å². The van der Waals surface area contributed by atoms with Crippen LogP contribution in [0.5, 0.6) is 0 Å². The highest BCUT2D eigenvalue weighted by molar-refractivity contribution is 5.50. The Labute approximate surface area is 78.8 Å². The van der Waals surface area contributed by atoms with E-state index < -0.39 is 0 Å². The summed E-state index contributed by atoms with van der Waals surface area (Å²) in [7, 11) is 1.88. The Morgan fingerprint density at radius 1 is 1.62 bits per heavy atom. The van der Waals surface area contributed by atoms with Crippen LogP contribution in [0, 0.1) is 17.2 Å². The van der Waals surface area contributed by atoms with E-state index in [9.17, 15) is 0 Å². The minimum Gasteiger partial charge on any atom is -0.397 e. The zero-order valence-corrected chi connectivity index (χ0v) is 8.33. The molecule has 0 amide bonds. The number of aromatic nitrogens is 1. The molecule has 1 aromatic heterocycles. The van der Waals surface area contributed by atoms with E-state index >= 15 is 0 Å². The van der Waals surface area contributed by atoms with Crippen LogP contribution in [0.3, 0.4) is 0 Å². The number of rotatable bonds is 2. The Morgan fingerprint density at radius 2 is 2.23 bits per heavy atom. The molecule has 0 unspecified atom stereocenters. The zero-order chi connectivity index (χ0) is 10.0. The molecule has 1 rings (SSSR count). The molecule has 0 bridgehead atoms. The van der Waals surface area contributed by atoms with Gasteiger partial charge >= 0.3 is 0 Å². The third kappa shape index (κ3) is 1.83. The van der Waals surface area contributed by atoms with Gasteiger partial charge in [0.25, 0.3) is 0 Å². The van der Waals surface area contributed by atoms with Crippen LogP contribution in [0.25, 0.3) is 0 Å². The van der Waals surface area contributed by atoms with Gasteiger partial charge in [0.1, 0.15) is 11.8 Å². The fourth-order valence-corrected chi connectivity index (χ4v) is 1.42. The molecule has 0 atom stereocenters. The summed E-state index contributed by atoms with van der Waals surface area (Å²) in [5.74, 6) is 0.558. The molecule has 0 saturated heterocycles. The van der Waals surface area contributed by atoms with E-state index in [1.54, 1.807) is 6.07 Å². The van der Waals surface area contributed by atoms with E-state index in [0.29, 0.717) is 11.6 Å². The van der Waals surface area contributed by atoms with Crippen molar-refractivity contribution in [1.82, 2.24) is 4.57 Å². The molecule has 3 heteroatoms. The van der Waals surface area contributed by atoms with Crippen molar-refractivity contribution < 1.29 is 0 Å². The summed E-state index contributed by atoms with van der Waals surface area (Å²) in [6.07, 6.45) is 0.921. The van der Waals surface area contributed by atoms with Crippen LogP contribution >= 0.6 is 0 Å². The molecule has 3 nitrogen and oxygen atoms in total. The van der Waals surface area contributed by atoms with Gasteiger partial charge < -0.3 is 10.3 Å². The largest absolute Gasteiger partial charge is 0.397 e. The van der Waals surface area contributed by atoms with Crippen molar-refractivity contribution in [3.8, 4) is 6.07 Å². The lowest BCUT2D eigenvalue weighted by atomic mass is 10.1. The summed E-state index contributed by atoms with van der Waals surface area (Å²) in [6, 6.07) is 3.85. The minimum atomic E-state index is 0.558. The molecule has 0 spiro atoms. The second-order valence-electron chi connectivity index (χ2n) is 3.70. The molecule has 0 fully saturated rings. The minimum absolute atomic E-state index is 0.558. The van der Waals surface area contributed by atoms with Gasteiger partial charge in [-0.3, -0.25) is 0 Å². The van der Waals surface area contributed by atoms with E-state index in [-0.39, 0.29) is 0 Å². The van der Waals surface area contributed by atoms with Crippen LogP contribution in [0.15, 0.2) is 6.07 Å². The fraction of sp³-hybridized carbons (Fsp3) is 0.500. The van der Waals surface area contributed by atoms with Crippen LogP contribution in [0.4, 0.5) is 5.69 Å². The number of nitrogens with zero attached hydrogens (tertiary/aromatic N) is 2. The highest BCUT2D eigenvalue weighted by Crippen LogP contribution is 2.19. The number of nitrogen functional groups attached to an aromatic ring is 1. The lowest BCUT2D eigenvalue weighted by Crippen LogP contribution is -2.04. The van der Waals surface area contributed by atoms with Gasteiger partial charge in [0.15, 0.2) is 0 Å². The van der Waals surface area contributed by atoms with E-state index in [0.717, 1.165) is 17.8 Å². The molecular formula is C10H15N3. The summed E-state index contributed by atoms with van der Waals surface area (Å²) in [5.41, 5.74) is 8.22. The smallest absolute Gasteiger partial charge is 0.122 e. The fourth-order valence-electron chi connectivity index (χ4n) is 1.42. The topological polar surface area (TPSA) is 54.7 Å². The van der Waals surface area contributed by atoms with Gasteiger partial charge in [-0.05, 0) is 18.4 Å². The summed E-state index contributed by atoms with van der Waals surface area (Å²) in [6.45, 7) is 4.27. The van der Waals surface area contributed by atoms with Gasteiger partial charge in [0.2, 0.25) is 0 Å². The van der Waals surface area contributed by atoms with Crippen LogP contribution in [0.1, 0.15) is 25.2 Å². The first kappa shape index (κ1) is 9.66. The first-order valence-electron chi connectivity index (χ1n) is 4.40. The first-order chi connectivity index (χ1) is 6.06. The SMILES string of the molecule is CC(C)Cc1c(N)cc(C#N)n1C. The van der Waals surface area contributed by atoms with Gasteiger partial charge in [0, 0.05) is 12.7 Å². The standard InChI is InChI=1S/C10H15N3/c1-7(2)4-10-9(12)5-8(6-11)13(10)3/h5,7H,4,12H2,1-3H3. The van der Waals surface area contributed by atoms with Crippen molar-refractivity contribution in [2.75, 3.05) is 5.73 Å². The zero-order valence-electron chi connectivity index (χ0n) is 8.33. The lowest BCUT2D eigenvalue weighted by molar-refractivity contribution is 0.616. The number of anilines is 1. The monoisotopic (exact) mass is 177 g/mol. The average Bonchev–Trinajstić information content (AvgIpc) is 2.31. The third-order valence-corrected chi connectivity index (χ3v) is 2.11. The maximum Gasteiger partial charge on any atom is 0.122 e. The van der Waals surface area contributed by atoms with Gasteiger partial charge in [-0.25, -0.2) is 0 Å². The normalized spacial score (nSPS) is 10.4. The Balaban J connectivity index is 3.07. The van der Waals surface area contributed by atoms with E-state index in [4.69, 9.17) is 11.0 Å². The summed E-state index contributed by atoms with van der Waals surface area (Å²) >= 11 is 0. The molecule has 0 saturated carbocycles. The molecule has 13 heavy (non-hydrogen) atoms.